The molecule has 17 nitrogen and oxygen atoms in total. The minimum Gasteiger partial charge on any atom is -0.497 e. The largest absolute Gasteiger partial charge is 0.497 e. The van der Waals surface area contributed by atoms with Gasteiger partial charge in [0.2, 0.25) is 27.7 Å². The summed E-state index contributed by atoms with van der Waals surface area (Å²) in [5, 5.41) is 16.5. The number of carboxylic acid groups (broad SMARTS) is 1. The number of amides is 4. The third-order valence-electron chi connectivity index (χ3n) is 11.9. The van der Waals surface area contributed by atoms with Gasteiger partial charge in [0, 0.05) is 17.7 Å². The molecule has 0 bridgehead atoms. The third kappa shape index (κ3) is 9.24. The average molecular weight is 863 g/mol. The van der Waals surface area contributed by atoms with Crippen LogP contribution in [0.3, 0.4) is 0 Å². The zero-order valence-electron chi connectivity index (χ0n) is 35.2. The van der Waals surface area contributed by atoms with Gasteiger partial charge in [0.05, 0.1) is 54.3 Å². The Morgan fingerprint density at radius 2 is 1.87 bits per heavy atom. The van der Waals surface area contributed by atoms with Gasteiger partial charge in [-0.3, -0.25) is 24.1 Å². The van der Waals surface area contributed by atoms with E-state index in [1.54, 1.807) is 57.5 Å². The molecule has 2 saturated carbocycles. The second kappa shape index (κ2) is 17.1. The van der Waals surface area contributed by atoms with Gasteiger partial charge in [0.15, 0.2) is 0 Å². The maximum Gasteiger partial charge on any atom is 0.405 e. The number of rotatable bonds is 11. The van der Waals surface area contributed by atoms with Crippen molar-refractivity contribution >= 4 is 44.6 Å². The second-order valence-corrected chi connectivity index (χ2v) is 19.1. The molecule has 4 amide bonds. The molecule has 0 spiro atoms. The first-order valence-electron chi connectivity index (χ1n) is 20.7. The van der Waals surface area contributed by atoms with Gasteiger partial charge in [-0.25, -0.2) is 18.2 Å². The van der Waals surface area contributed by atoms with Crippen LogP contribution in [-0.2, 0) is 29.1 Å². The number of methoxy groups -OCH3 is 1. The predicted octanol–water partition coefficient (Wildman–Crippen LogP) is 4.48. The molecule has 0 unspecified atom stereocenters. The Balaban J connectivity index is 1.25. The van der Waals surface area contributed by atoms with E-state index >= 15 is 0 Å². The number of carbonyl (C=O) groups is 4. The third-order valence-corrected chi connectivity index (χ3v) is 14.1. The summed E-state index contributed by atoms with van der Waals surface area (Å²) < 4.78 is 51.9. The molecule has 2 aliphatic heterocycles. The van der Waals surface area contributed by atoms with Crippen LogP contribution < -0.4 is 29.6 Å². The van der Waals surface area contributed by atoms with E-state index < -0.39 is 80.4 Å². The minimum atomic E-state index is -4.05. The fraction of sp³-hybridized carbons (Fsp3) is 0.535. The molecule has 61 heavy (non-hydrogen) atoms. The molecule has 3 aromatic rings. The fourth-order valence-corrected chi connectivity index (χ4v) is 9.33. The Bertz CT molecular complexity index is 2320. The molecule has 1 saturated heterocycles. The molecule has 7 rings (SSSR count). The van der Waals surface area contributed by atoms with Crippen molar-refractivity contribution in [2.24, 2.45) is 5.92 Å². The van der Waals surface area contributed by atoms with E-state index in [4.69, 9.17) is 23.9 Å². The van der Waals surface area contributed by atoms with Gasteiger partial charge in [-0.05, 0) is 108 Å². The van der Waals surface area contributed by atoms with Crippen LogP contribution in [0.25, 0.3) is 22.2 Å². The van der Waals surface area contributed by atoms with Crippen LogP contribution in [0.15, 0.2) is 54.7 Å². The quantitative estimate of drug-likeness (QED) is 0.195. The van der Waals surface area contributed by atoms with Crippen LogP contribution in [0.5, 0.6) is 17.4 Å². The number of sulfonamides is 1. The molecular weight excluding hydrogens is 809 g/mol. The van der Waals surface area contributed by atoms with Crippen LogP contribution in [0.4, 0.5) is 4.79 Å². The zero-order chi connectivity index (χ0) is 43.9. The van der Waals surface area contributed by atoms with E-state index in [1.807, 2.05) is 39.0 Å². The smallest absolute Gasteiger partial charge is 0.405 e. The molecule has 18 heteroatoms. The maximum absolute atomic E-state index is 14.7. The number of hydrogen-bond donors (Lipinski definition) is 4. The number of fused-ring (bicyclic) bond motifs is 3. The van der Waals surface area contributed by atoms with Gasteiger partial charge < -0.3 is 39.6 Å². The molecule has 4 aliphatic rings. The van der Waals surface area contributed by atoms with Crippen LogP contribution in [-0.4, -0.2) is 113 Å². The van der Waals surface area contributed by atoms with Crippen molar-refractivity contribution in [1.82, 2.24) is 30.2 Å². The molecule has 4 N–H and O–H groups in total. The molecule has 328 valence electrons. The number of hydrogen-bond acceptors (Lipinski definition) is 12. The van der Waals surface area contributed by atoms with Crippen LogP contribution >= 0.6 is 0 Å². The molecular formula is C43H54N6O11S. The van der Waals surface area contributed by atoms with Crippen molar-refractivity contribution in [3.05, 3.63) is 54.7 Å². The van der Waals surface area contributed by atoms with E-state index in [0.717, 1.165) is 0 Å². The summed E-state index contributed by atoms with van der Waals surface area (Å²) in [6.45, 7) is 8.83. The highest BCUT2D eigenvalue weighted by Crippen LogP contribution is 2.47. The molecule has 4 heterocycles. The highest BCUT2D eigenvalue weighted by atomic mass is 32.2. The summed E-state index contributed by atoms with van der Waals surface area (Å²) in [6.07, 6.45) is 3.75. The SMILES string of the molecule is CC[C@@H]1O[C@H](C)CCC=C[C@@H]2C[C@@]2(C(=O)NS(=O)(=O)C2(C)CC2)NC(=O)[C@@H]2C[C@@H](Oc3nc(-c4ccc(OC(C)C)cn4)cc4cc(OC)ccc34)CN2C(=O)[C@H]1NC(=O)O. The summed E-state index contributed by atoms with van der Waals surface area (Å²) in [4.78, 5) is 66.2. The summed E-state index contributed by atoms with van der Waals surface area (Å²) in [7, 11) is -2.50. The van der Waals surface area contributed by atoms with Gasteiger partial charge in [-0.1, -0.05) is 19.1 Å². The number of carbonyl (C=O) groups excluding carboxylic acids is 3. The lowest BCUT2D eigenvalue weighted by atomic mass is 10.0. The lowest BCUT2D eigenvalue weighted by Gasteiger charge is -2.33. The first kappa shape index (κ1) is 43.6. The van der Waals surface area contributed by atoms with Crippen molar-refractivity contribution in [1.29, 1.82) is 0 Å². The number of nitrogens with zero attached hydrogens (tertiary/aromatic N) is 3. The van der Waals surface area contributed by atoms with Crippen LogP contribution in [0.2, 0.25) is 0 Å². The van der Waals surface area contributed by atoms with Gasteiger partial charge in [-0.2, -0.15) is 0 Å². The molecule has 1 aromatic carbocycles. The standard InChI is InChI=1S/C43H54N6O11S/c1-7-35-36(46-41(53)54)39(51)49-23-30(60-38-31-14-12-28(57-6)18-26(31)19-33(45-38)32-15-13-29(22-44-32)58-24(2)3)20-34(49)37(50)47-43(21-27(43)11-9-8-10-25(4)59-35)40(52)48-61(55,56)42(5)16-17-42/h9,11-15,18-19,22,24-25,27,30,34-36,46H,7-8,10,16-17,20-21,23H2,1-6H3,(H,47,50)(H,48,52)(H,53,54)/t25-,27-,30-,34+,35+,36+,43-/m1/s1. The highest BCUT2D eigenvalue weighted by molar-refractivity contribution is 7.91. The Morgan fingerprint density at radius 3 is 2.52 bits per heavy atom. The second-order valence-electron chi connectivity index (χ2n) is 16.9. The van der Waals surface area contributed by atoms with Crippen molar-refractivity contribution in [2.75, 3.05) is 13.7 Å². The Kier molecular flexibility index (Phi) is 12.2. The highest BCUT2D eigenvalue weighted by Gasteiger charge is 2.63. The van der Waals surface area contributed by atoms with Crippen molar-refractivity contribution in [2.45, 2.75) is 126 Å². The van der Waals surface area contributed by atoms with E-state index in [2.05, 4.69) is 20.3 Å². The topological polar surface area (TPSA) is 225 Å². The normalized spacial score (nSPS) is 27.5. The Hall–Kier alpha value is -5.49. The average Bonchev–Trinajstić information content (AvgIpc) is 4.10. The Morgan fingerprint density at radius 1 is 1.11 bits per heavy atom. The van der Waals surface area contributed by atoms with E-state index in [-0.39, 0.29) is 37.8 Å². The first-order chi connectivity index (χ1) is 29.0. The number of aromatic nitrogens is 2. The predicted molar refractivity (Wildman–Crippen MR) is 223 cm³/mol. The Labute approximate surface area is 355 Å². The number of allylic oxidation sites excluding steroid dienone is 1. The van der Waals surface area contributed by atoms with Crippen molar-refractivity contribution in [3.63, 3.8) is 0 Å². The lowest BCUT2D eigenvalue weighted by Crippen LogP contribution is -2.60. The monoisotopic (exact) mass is 862 g/mol. The summed E-state index contributed by atoms with van der Waals surface area (Å²) in [6, 6.07) is 8.09. The molecule has 0 radical (unpaired) electrons. The fourth-order valence-electron chi connectivity index (χ4n) is 8.02. The van der Waals surface area contributed by atoms with E-state index in [9.17, 15) is 32.7 Å². The van der Waals surface area contributed by atoms with Gasteiger partial charge in [0.1, 0.15) is 35.2 Å². The summed E-state index contributed by atoms with van der Waals surface area (Å²) >= 11 is 0. The summed E-state index contributed by atoms with van der Waals surface area (Å²) in [5.41, 5.74) is -0.622. The first-order valence-corrected chi connectivity index (χ1v) is 22.2. The number of pyridine rings is 2. The van der Waals surface area contributed by atoms with Gasteiger partial charge >= 0.3 is 6.09 Å². The zero-order valence-corrected chi connectivity index (χ0v) is 36.0. The van der Waals surface area contributed by atoms with Gasteiger partial charge in [-0.15, -0.1) is 0 Å². The molecule has 3 fully saturated rings. The van der Waals surface area contributed by atoms with Crippen molar-refractivity contribution < 1.29 is 51.6 Å². The number of ether oxygens (including phenoxy) is 4. The number of nitrogens with one attached hydrogen (secondary N) is 3. The number of benzene rings is 1. The van der Waals surface area contributed by atoms with E-state index in [0.29, 0.717) is 59.3 Å². The van der Waals surface area contributed by atoms with Gasteiger partial charge in [0.25, 0.3) is 5.91 Å². The summed E-state index contributed by atoms with van der Waals surface area (Å²) in [5.74, 6) is -1.48. The molecule has 2 aliphatic carbocycles. The van der Waals surface area contributed by atoms with E-state index in [1.165, 1.54) is 4.90 Å². The maximum atomic E-state index is 14.7. The van der Waals surface area contributed by atoms with Crippen molar-refractivity contribution in [3.8, 4) is 28.8 Å². The molecule has 2 aromatic heterocycles. The minimum absolute atomic E-state index is 0.0510. The lowest BCUT2D eigenvalue weighted by molar-refractivity contribution is -0.145. The van der Waals surface area contributed by atoms with Crippen LogP contribution in [0.1, 0.15) is 79.6 Å². The molecule has 7 atom stereocenters. The van der Waals surface area contributed by atoms with Crippen LogP contribution in [0, 0.1) is 5.92 Å².